The van der Waals surface area contributed by atoms with E-state index in [2.05, 4.69) is 5.32 Å². The molecule has 0 spiro atoms. The summed E-state index contributed by atoms with van der Waals surface area (Å²) in [6.45, 7) is 1.43. The van der Waals surface area contributed by atoms with Gasteiger partial charge in [0.2, 0.25) is 5.91 Å². The smallest absolute Gasteiger partial charge is 0.223 e. The lowest BCUT2D eigenvalue weighted by molar-refractivity contribution is -0.127. The maximum Gasteiger partial charge on any atom is 0.223 e. The minimum absolute atomic E-state index is 0.144. The number of carbonyl (C=O) groups excluding carboxylic acids is 1. The zero-order chi connectivity index (χ0) is 15.4. The van der Waals surface area contributed by atoms with Crippen LogP contribution in [0.5, 0.6) is 0 Å². The van der Waals surface area contributed by atoms with Gasteiger partial charge in [0.1, 0.15) is 0 Å². The average molecular weight is 309 g/mol. The van der Waals surface area contributed by atoms with Gasteiger partial charge >= 0.3 is 0 Å². The first-order chi connectivity index (χ1) is 10.7. The number of hydrogen-bond acceptors (Lipinski definition) is 3. The second kappa shape index (κ2) is 7.78. The van der Waals surface area contributed by atoms with E-state index in [4.69, 9.17) is 4.74 Å². The van der Waals surface area contributed by atoms with Crippen LogP contribution in [0.3, 0.4) is 0 Å². The van der Waals surface area contributed by atoms with Crippen LogP contribution in [0.1, 0.15) is 57.8 Å². The predicted molar refractivity (Wildman–Crippen MR) is 85.3 cm³/mol. The Labute approximate surface area is 134 Å². The summed E-state index contributed by atoms with van der Waals surface area (Å²) in [5.74, 6) is 2.67. The fourth-order valence-corrected chi connectivity index (χ4v) is 4.19. The van der Waals surface area contributed by atoms with E-state index in [0.29, 0.717) is 19.1 Å². The van der Waals surface area contributed by atoms with Gasteiger partial charge in [0.25, 0.3) is 0 Å². The van der Waals surface area contributed by atoms with Crippen LogP contribution in [0, 0.1) is 23.7 Å². The minimum atomic E-state index is -0.575. The Balaban J connectivity index is 1.32. The summed E-state index contributed by atoms with van der Waals surface area (Å²) >= 11 is 0. The van der Waals surface area contributed by atoms with Crippen LogP contribution in [0.25, 0.3) is 0 Å². The second-order valence-corrected chi connectivity index (χ2v) is 7.69. The molecule has 0 heterocycles. The van der Waals surface area contributed by atoms with Gasteiger partial charge in [0.15, 0.2) is 0 Å². The van der Waals surface area contributed by atoms with Crippen molar-refractivity contribution in [1.82, 2.24) is 5.32 Å². The van der Waals surface area contributed by atoms with Crippen molar-refractivity contribution < 1.29 is 14.6 Å². The lowest BCUT2D eigenvalue weighted by Crippen LogP contribution is -2.41. The van der Waals surface area contributed by atoms with Gasteiger partial charge in [-0.05, 0) is 49.9 Å². The first-order valence-corrected chi connectivity index (χ1v) is 9.26. The Morgan fingerprint density at radius 3 is 2.64 bits per heavy atom. The van der Waals surface area contributed by atoms with E-state index in [-0.39, 0.29) is 11.8 Å². The number of carbonyl (C=O) groups is 1. The van der Waals surface area contributed by atoms with Crippen LogP contribution in [-0.4, -0.2) is 36.9 Å². The number of amides is 1. The van der Waals surface area contributed by atoms with Crippen LogP contribution in [-0.2, 0) is 9.53 Å². The molecule has 4 heteroatoms. The fourth-order valence-electron chi connectivity index (χ4n) is 4.19. The average Bonchev–Trinajstić information content (AvgIpc) is 3.36. The predicted octanol–water partition coefficient (Wildman–Crippen LogP) is 2.50. The van der Waals surface area contributed by atoms with E-state index < -0.39 is 6.10 Å². The summed E-state index contributed by atoms with van der Waals surface area (Å²) in [7, 11) is 0. The number of aliphatic hydroxyl groups excluding tert-OH is 1. The molecule has 0 aromatic carbocycles. The Kier molecular flexibility index (Phi) is 5.75. The van der Waals surface area contributed by atoms with Crippen molar-refractivity contribution in [1.29, 1.82) is 0 Å². The monoisotopic (exact) mass is 309 g/mol. The maximum atomic E-state index is 12.3. The molecule has 3 aliphatic rings. The molecule has 3 fully saturated rings. The third kappa shape index (κ3) is 4.69. The van der Waals surface area contributed by atoms with Gasteiger partial charge in [-0.25, -0.2) is 0 Å². The molecular weight excluding hydrogens is 278 g/mol. The van der Waals surface area contributed by atoms with Crippen LogP contribution in [0.4, 0.5) is 0 Å². The summed E-state index contributed by atoms with van der Waals surface area (Å²) in [5, 5.41) is 12.8. The number of hydrogen-bond donors (Lipinski definition) is 2. The molecule has 0 saturated heterocycles. The largest absolute Gasteiger partial charge is 0.389 e. The fraction of sp³-hybridized carbons (Fsp3) is 0.944. The third-order valence-corrected chi connectivity index (χ3v) is 5.78. The zero-order valence-corrected chi connectivity index (χ0v) is 13.6. The zero-order valence-electron chi connectivity index (χ0n) is 13.6. The SMILES string of the molecule is O=C(NCC(O)COCC1CC1)C1CCC2CCCCC2C1. The number of aliphatic hydroxyl groups is 1. The molecule has 1 amide bonds. The highest BCUT2D eigenvalue weighted by atomic mass is 16.5. The molecule has 2 N–H and O–H groups in total. The van der Waals surface area contributed by atoms with E-state index in [1.807, 2.05) is 0 Å². The molecule has 0 aromatic heterocycles. The minimum Gasteiger partial charge on any atom is -0.389 e. The molecule has 3 rings (SSSR count). The molecule has 0 aliphatic heterocycles. The summed E-state index contributed by atoms with van der Waals surface area (Å²) in [6, 6.07) is 0. The Morgan fingerprint density at radius 1 is 1.09 bits per heavy atom. The Bertz CT molecular complexity index is 369. The summed E-state index contributed by atoms with van der Waals surface area (Å²) in [5.41, 5.74) is 0. The molecule has 3 saturated carbocycles. The number of rotatable bonds is 7. The quantitative estimate of drug-likeness (QED) is 0.759. The van der Waals surface area contributed by atoms with Crippen molar-refractivity contribution in [2.24, 2.45) is 23.7 Å². The van der Waals surface area contributed by atoms with E-state index in [0.717, 1.165) is 31.3 Å². The van der Waals surface area contributed by atoms with Crippen molar-refractivity contribution >= 4 is 5.91 Å². The molecule has 126 valence electrons. The molecule has 3 aliphatic carbocycles. The van der Waals surface area contributed by atoms with Crippen molar-refractivity contribution in [3.63, 3.8) is 0 Å². The molecule has 0 radical (unpaired) electrons. The third-order valence-electron chi connectivity index (χ3n) is 5.78. The highest BCUT2D eigenvalue weighted by Crippen LogP contribution is 2.42. The summed E-state index contributed by atoms with van der Waals surface area (Å²) in [4.78, 5) is 12.3. The van der Waals surface area contributed by atoms with Crippen molar-refractivity contribution in [3.05, 3.63) is 0 Å². The maximum absolute atomic E-state index is 12.3. The Hall–Kier alpha value is -0.610. The van der Waals surface area contributed by atoms with Crippen LogP contribution < -0.4 is 5.32 Å². The number of nitrogens with one attached hydrogen (secondary N) is 1. The number of fused-ring (bicyclic) bond motifs is 1. The topological polar surface area (TPSA) is 58.6 Å². The normalized spacial score (nSPS) is 33.0. The van der Waals surface area contributed by atoms with Crippen LogP contribution >= 0.6 is 0 Å². The van der Waals surface area contributed by atoms with Crippen molar-refractivity contribution in [2.75, 3.05) is 19.8 Å². The van der Waals surface area contributed by atoms with Gasteiger partial charge in [-0.15, -0.1) is 0 Å². The molecule has 4 nitrogen and oxygen atoms in total. The van der Waals surface area contributed by atoms with E-state index in [1.165, 1.54) is 44.9 Å². The van der Waals surface area contributed by atoms with Gasteiger partial charge in [-0.1, -0.05) is 25.7 Å². The molecule has 4 unspecified atom stereocenters. The van der Waals surface area contributed by atoms with Crippen molar-refractivity contribution in [3.8, 4) is 0 Å². The van der Waals surface area contributed by atoms with Gasteiger partial charge in [0, 0.05) is 19.1 Å². The van der Waals surface area contributed by atoms with E-state index >= 15 is 0 Å². The van der Waals surface area contributed by atoms with Gasteiger partial charge in [-0.2, -0.15) is 0 Å². The molecular formula is C18H31NO3. The lowest BCUT2D eigenvalue weighted by Gasteiger charge is -2.38. The second-order valence-electron chi connectivity index (χ2n) is 7.69. The first-order valence-electron chi connectivity index (χ1n) is 9.26. The van der Waals surface area contributed by atoms with Gasteiger partial charge in [0.05, 0.1) is 12.7 Å². The molecule has 22 heavy (non-hydrogen) atoms. The van der Waals surface area contributed by atoms with Crippen molar-refractivity contribution in [2.45, 2.75) is 63.9 Å². The number of ether oxygens (including phenoxy) is 1. The Morgan fingerprint density at radius 2 is 1.86 bits per heavy atom. The summed E-state index contributed by atoms with van der Waals surface area (Å²) in [6.07, 6.45) is 10.7. The van der Waals surface area contributed by atoms with E-state index in [1.54, 1.807) is 0 Å². The van der Waals surface area contributed by atoms with Crippen LogP contribution in [0.15, 0.2) is 0 Å². The lowest BCUT2D eigenvalue weighted by atomic mass is 9.67. The molecule has 4 atom stereocenters. The van der Waals surface area contributed by atoms with Gasteiger partial charge in [-0.3, -0.25) is 4.79 Å². The standard InChI is InChI=1S/C18H31NO3/c20-17(12-22-11-13-5-6-13)10-19-18(21)16-8-7-14-3-1-2-4-15(14)9-16/h13-17,20H,1-12H2,(H,19,21). The summed E-state index contributed by atoms with van der Waals surface area (Å²) < 4.78 is 5.47. The van der Waals surface area contributed by atoms with E-state index in [9.17, 15) is 9.90 Å². The van der Waals surface area contributed by atoms with Crippen LogP contribution in [0.2, 0.25) is 0 Å². The molecule has 0 aromatic rings. The molecule has 0 bridgehead atoms. The van der Waals surface area contributed by atoms with Gasteiger partial charge < -0.3 is 15.2 Å². The highest BCUT2D eigenvalue weighted by molar-refractivity contribution is 5.78. The highest BCUT2D eigenvalue weighted by Gasteiger charge is 2.34. The first kappa shape index (κ1) is 16.3.